The normalized spacial score (nSPS) is 8.14. The molecule has 0 atom stereocenters. The van der Waals surface area contributed by atoms with Gasteiger partial charge in [-0.1, -0.05) is 6.07 Å². The third kappa shape index (κ3) is 12.3. The molecule has 3 nitrogen and oxygen atoms in total. The Labute approximate surface area is 107 Å². The Hall–Kier alpha value is 0.298. The molecule has 0 saturated heterocycles. The second-order valence-electron chi connectivity index (χ2n) is 2.20. The molecule has 0 bridgehead atoms. The molecule has 0 fully saturated rings. The van der Waals surface area contributed by atoms with E-state index in [1.54, 1.807) is 49.5 Å². The minimum absolute atomic E-state index is 0.424. The van der Waals surface area contributed by atoms with Crippen LogP contribution in [0.5, 0.6) is 0 Å². The van der Waals surface area contributed by atoms with Gasteiger partial charge in [-0.15, -0.1) is 4.21 Å². The third-order valence-electron chi connectivity index (χ3n) is 0.803. The van der Waals surface area contributed by atoms with Gasteiger partial charge in [-0.3, -0.25) is 5.21 Å². The summed E-state index contributed by atoms with van der Waals surface area (Å²) in [5.74, 6) is 0. The third-order valence-corrected chi connectivity index (χ3v) is 1.13. The molecule has 14 heavy (non-hydrogen) atoms. The van der Waals surface area contributed by atoms with Crippen LogP contribution in [0.3, 0.4) is 0 Å². The van der Waals surface area contributed by atoms with E-state index in [4.69, 9.17) is 5.21 Å². The fraction of sp³-hybridized carbons (Fsp3) is 0.286. The second-order valence-corrected chi connectivity index (χ2v) is 4.24. The Balaban J connectivity index is 0. The number of pyridine rings is 1. The quantitative estimate of drug-likeness (QED) is 0.214. The molecule has 1 aromatic heterocycles. The van der Waals surface area contributed by atoms with E-state index in [0.29, 0.717) is 5.03 Å². The Morgan fingerprint density at radius 3 is 2.14 bits per heavy atom. The first kappa shape index (κ1) is 16.7. The van der Waals surface area contributed by atoms with Crippen molar-refractivity contribution in [2.75, 3.05) is 12.5 Å². The standard InChI is InChI=1S/C5H5NOS.C2H6OS.ClH.Pt/c7-6-4-2-1-3-5(6)8;1-4(2)3;;/h1-4,7H;1-2H3;1H;/q;;;+2. The van der Waals surface area contributed by atoms with Gasteiger partial charge in [-0.05, 0) is 10.8 Å². The predicted octanol–water partition coefficient (Wildman–Crippen LogP) is 0.746. The topological polar surface area (TPSA) is 41.2 Å². The predicted molar refractivity (Wildman–Crippen MR) is 56.6 cm³/mol. The average molecular weight is 437 g/mol. The zero-order valence-electron chi connectivity index (χ0n) is 7.66. The second kappa shape index (κ2) is 11.4. The summed E-state index contributed by atoms with van der Waals surface area (Å²) in [6, 6.07) is 5.13. The molecule has 7 heteroatoms. The van der Waals surface area contributed by atoms with Gasteiger partial charge >= 0.3 is 28.2 Å². The Morgan fingerprint density at radius 1 is 1.50 bits per heavy atom. The number of aromatic nitrogens is 1. The van der Waals surface area contributed by atoms with E-state index < -0.39 is 10.8 Å². The van der Waals surface area contributed by atoms with Crippen LogP contribution in [0.25, 0.3) is 0 Å². The molecule has 0 unspecified atom stereocenters. The molecule has 0 aliphatic heterocycles. The van der Waals surface area contributed by atoms with Crippen molar-refractivity contribution in [2.45, 2.75) is 5.03 Å². The van der Waals surface area contributed by atoms with E-state index in [-0.39, 0.29) is 0 Å². The van der Waals surface area contributed by atoms with Crippen LogP contribution in [-0.4, -0.2) is 17.7 Å². The fourth-order valence-corrected chi connectivity index (χ4v) is 0.558. The summed E-state index contributed by atoms with van der Waals surface area (Å²) in [5.41, 5.74) is 0. The van der Waals surface area contributed by atoms with Crippen molar-refractivity contribution < 1.29 is 32.9 Å². The van der Waals surface area contributed by atoms with Crippen molar-refractivity contribution in [3.63, 3.8) is 0 Å². The zero-order chi connectivity index (χ0) is 11.6. The first-order chi connectivity index (χ1) is 6.54. The van der Waals surface area contributed by atoms with Gasteiger partial charge in [0.2, 0.25) is 6.20 Å². The van der Waals surface area contributed by atoms with E-state index in [1.807, 2.05) is 0 Å². The van der Waals surface area contributed by atoms with Gasteiger partial charge in [-0.2, -0.15) is 0 Å². The monoisotopic (exact) mass is 436 g/mol. The molecule has 0 spiro atoms. The van der Waals surface area contributed by atoms with Gasteiger partial charge in [0.25, 0.3) is 0 Å². The molecule has 0 saturated carbocycles. The molecule has 0 radical (unpaired) electrons. The van der Waals surface area contributed by atoms with E-state index in [0.717, 1.165) is 4.73 Å². The van der Waals surface area contributed by atoms with Crippen molar-refractivity contribution in [3.8, 4) is 0 Å². The van der Waals surface area contributed by atoms with Crippen molar-refractivity contribution in [3.05, 3.63) is 24.4 Å². The molecule has 0 aliphatic carbocycles. The average Bonchev–Trinajstić information content (AvgIpc) is 2.13. The summed E-state index contributed by atoms with van der Waals surface area (Å²) in [7, 11) is 3.74. The number of hydrogen-bond acceptors (Lipinski definition) is 3. The van der Waals surface area contributed by atoms with Crippen molar-refractivity contribution in [2.24, 2.45) is 0 Å². The number of nitrogens with zero attached hydrogens (tertiary/aromatic N) is 1. The minimum atomic E-state index is -0.870. The fourth-order valence-electron chi connectivity index (χ4n) is 0.419. The molecule has 0 aliphatic rings. The Bertz CT molecular complexity index is 251. The van der Waals surface area contributed by atoms with Gasteiger partial charge in [0.15, 0.2) is 0 Å². The summed E-state index contributed by atoms with van der Waals surface area (Å²) in [5, 5.41) is 9.16. The van der Waals surface area contributed by atoms with Crippen LogP contribution in [0, 0.1) is 0 Å². The van der Waals surface area contributed by atoms with Crippen molar-refractivity contribution in [1.82, 2.24) is 0 Å². The SMILES string of the molecule is C[SH+](C)=O.O[n+]1ccccc1[S-].[Cl][Pt+]. The Morgan fingerprint density at radius 2 is 1.93 bits per heavy atom. The molecular weight excluding hydrogens is 425 g/mol. The van der Waals surface area contributed by atoms with E-state index in [2.05, 4.69) is 22.0 Å². The van der Waals surface area contributed by atoms with Crippen molar-refractivity contribution in [1.29, 1.82) is 0 Å². The molecule has 84 valence electrons. The number of thiol groups is 1. The first-order valence-corrected chi connectivity index (χ1v) is 8.75. The van der Waals surface area contributed by atoms with Gasteiger partial charge < -0.3 is 12.6 Å². The molecular formula is C7H12ClNO2PtS2+2. The molecule has 1 aromatic rings. The summed E-state index contributed by atoms with van der Waals surface area (Å²) in [6.07, 6.45) is 4.84. The zero-order valence-corrected chi connectivity index (χ0v) is 12.4. The molecule has 1 heterocycles. The van der Waals surface area contributed by atoms with Crippen LogP contribution in [0.1, 0.15) is 0 Å². The molecule has 0 aromatic carbocycles. The molecule has 1 rings (SSSR count). The maximum absolute atomic E-state index is 9.59. The van der Waals surface area contributed by atoms with E-state index >= 15 is 0 Å². The maximum atomic E-state index is 9.59. The Kier molecular flexibility index (Phi) is 13.6. The van der Waals surface area contributed by atoms with Gasteiger partial charge in [0.05, 0.1) is 23.3 Å². The summed E-state index contributed by atoms with van der Waals surface area (Å²) in [4.78, 5) is 0. The van der Waals surface area contributed by atoms with Crippen LogP contribution >= 0.6 is 9.42 Å². The number of halogens is 1. The van der Waals surface area contributed by atoms with Crippen LogP contribution in [0.4, 0.5) is 0 Å². The summed E-state index contributed by atoms with van der Waals surface area (Å²) >= 11 is 6.28. The van der Waals surface area contributed by atoms with E-state index in [1.165, 1.54) is 6.20 Å². The summed E-state index contributed by atoms with van der Waals surface area (Å²) < 4.78 is 10.5. The van der Waals surface area contributed by atoms with Gasteiger partial charge in [-0.25, -0.2) is 0 Å². The van der Waals surface area contributed by atoms with Crippen LogP contribution in [-0.2, 0) is 46.4 Å². The first-order valence-electron chi connectivity index (χ1n) is 3.37. The summed E-state index contributed by atoms with van der Waals surface area (Å²) in [6.45, 7) is 0. The van der Waals surface area contributed by atoms with Crippen LogP contribution < -0.4 is 4.73 Å². The van der Waals surface area contributed by atoms with Crippen LogP contribution in [0.15, 0.2) is 29.4 Å². The van der Waals surface area contributed by atoms with Crippen LogP contribution in [0.2, 0.25) is 0 Å². The van der Waals surface area contributed by atoms with Gasteiger partial charge in [0, 0.05) is 6.07 Å². The molecule has 0 amide bonds. The molecule has 1 N–H and O–H groups in total. The van der Waals surface area contributed by atoms with Crippen molar-refractivity contribution >= 4 is 32.8 Å². The van der Waals surface area contributed by atoms with E-state index in [9.17, 15) is 4.21 Å². The number of hydrogen-bond donors (Lipinski definition) is 1. The number of rotatable bonds is 0. The van der Waals surface area contributed by atoms with Gasteiger partial charge in [0.1, 0.15) is 5.03 Å².